The molecule has 1 aliphatic carbocycles. The van der Waals surface area contributed by atoms with E-state index in [1.165, 1.54) is 6.07 Å². The average Bonchev–Trinajstić information content (AvgIpc) is 3.06. The van der Waals surface area contributed by atoms with Gasteiger partial charge in [-0.1, -0.05) is 30.9 Å². The number of para-hydroxylation sites is 1. The molecule has 0 bridgehead atoms. The van der Waals surface area contributed by atoms with E-state index in [1.54, 1.807) is 51.0 Å². The Bertz CT molecular complexity index is 946. The first-order valence-electron chi connectivity index (χ1n) is 9.75. The normalized spacial score (nSPS) is 18.0. The van der Waals surface area contributed by atoms with Gasteiger partial charge in [-0.3, -0.25) is 9.59 Å². The van der Waals surface area contributed by atoms with Crippen LogP contribution in [0.1, 0.15) is 26.7 Å². The first kappa shape index (κ1) is 23.7. The van der Waals surface area contributed by atoms with E-state index in [-0.39, 0.29) is 35.9 Å². The summed E-state index contributed by atoms with van der Waals surface area (Å²) in [4.78, 5) is 27.1. The van der Waals surface area contributed by atoms with Crippen molar-refractivity contribution in [3.05, 3.63) is 47.9 Å². The lowest BCUT2D eigenvalue weighted by Crippen LogP contribution is -2.40. The minimum atomic E-state index is -3.96. The van der Waals surface area contributed by atoms with Crippen LogP contribution in [0.15, 0.2) is 52.8 Å². The van der Waals surface area contributed by atoms with Gasteiger partial charge in [0.1, 0.15) is 0 Å². The van der Waals surface area contributed by atoms with Crippen LogP contribution < -0.4 is 4.90 Å². The minimum absolute atomic E-state index is 0.0425. The van der Waals surface area contributed by atoms with Crippen LogP contribution >= 0.6 is 0 Å². The Morgan fingerprint density at radius 1 is 1.13 bits per heavy atom. The second-order valence-electron chi connectivity index (χ2n) is 7.45. The number of allylic oxidation sites excluding steroid dienone is 2. The van der Waals surface area contributed by atoms with Crippen molar-refractivity contribution in [3.8, 4) is 0 Å². The number of sulfone groups is 1. The maximum atomic E-state index is 13.4. The molecule has 164 valence electrons. The third kappa shape index (κ3) is 4.14. The number of anilines is 1. The number of carbonyl (C=O) groups is 2. The first-order valence-corrected chi connectivity index (χ1v) is 11.2. The number of benzene rings is 1. The van der Waals surface area contributed by atoms with E-state index in [2.05, 4.69) is 13.2 Å². The molecule has 0 unspecified atom stereocenters. The number of hydrogen-bond acceptors (Lipinski definition) is 7. The Morgan fingerprint density at radius 3 is 2.17 bits per heavy atom. The topological polar surface area (TPSA) is 90.0 Å². The molecule has 1 atom stereocenters. The predicted molar refractivity (Wildman–Crippen MR) is 115 cm³/mol. The molecule has 1 aromatic carbocycles. The standard InChI is InChI=1S/C22H29NO6S/c1-7-28-20(24)22(21(25)29-8-2)13-15(3)17(14-22)16(4)30(26,27)19-12-10-9-11-18(19)23(5)6/h9-12,17H,3-4,7-8,13-14H2,1-2,5-6H3/t17-/m0/s1. The van der Waals surface area contributed by atoms with Gasteiger partial charge in [0.25, 0.3) is 0 Å². The number of hydrogen-bond donors (Lipinski definition) is 0. The van der Waals surface area contributed by atoms with Gasteiger partial charge >= 0.3 is 11.9 Å². The Kier molecular flexibility index (Phi) is 7.13. The number of carbonyl (C=O) groups excluding carboxylic acids is 2. The highest BCUT2D eigenvalue weighted by Crippen LogP contribution is 2.51. The molecule has 0 amide bonds. The Labute approximate surface area is 178 Å². The quantitative estimate of drug-likeness (QED) is 0.352. The number of nitrogens with zero attached hydrogens (tertiary/aromatic N) is 1. The highest BCUT2D eigenvalue weighted by atomic mass is 32.2. The second-order valence-corrected chi connectivity index (χ2v) is 9.42. The molecule has 0 spiro atoms. The van der Waals surface area contributed by atoms with Crippen LogP contribution in [-0.2, 0) is 28.9 Å². The fourth-order valence-corrected chi connectivity index (χ4v) is 5.42. The maximum absolute atomic E-state index is 13.4. The Morgan fingerprint density at radius 2 is 1.67 bits per heavy atom. The smallest absolute Gasteiger partial charge is 0.323 e. The molecule has 0 heterocycles. The molecule has 0 aliphatic heterocycles. The summed E-state index contributed by atoms with van der Waals surface area (Å²) in [5, 5.41) is 0. The molecule has 0 aromatic heterocycles. The summed E-state index contributed by atoms with van der Waals surface area (Å²) in [7, 11) is -0.462. The van der Waals surface area contributed by atoms with Gasteiger partial charge in [-0.05, 0) is 38.8 Å². The van der Waals surface area contributed by atoms with Gasteiger partial charge in [0.05, 0.1) is 23.8 Å². The van der Waals surface area contributed by atoms with Crippen LogP contribution in [0.4, 0.5) is 5.69 Å². The highest BCUT2D eigenvalue weighted by Gasteiger charge is 2.56. The molecule has 1 fully saturated rings. The van der Waals surface area contributed by atoms with E-state index >= 15 is 0 Å². The van der Waals surface area contributed by atoms with Crippen molar-refractivity contribution in [3.63, 3.8) is 0 Å². The third-order valence-corrected chi connectivity index (χ3v) is 7.18. The zero-order chi connectivity index (χ0) is 22.7. The van der Waals surface area contributed by atoms with E-state index < -0.39 is 33.1 Å². The van der Waals surface area contributed by atoms with Crippen molar-refractivity contribution in [1.29, 1.82) is 0 Å². The maximum Gasteiger partial charge on any atom is 0.323 e. The molecule has 0 N–H and O–H groups in total. The molecule has 1 aromatic rings. The van der Waals surface area contributed by atoms with Crippen molar-refractivity contribution < 1.29 is 27.5 Å². The minimum Gasteiger partial charge on any atom is -0.465 e. The van der Waals surface area contributed by atoms with Crippen molar-refractivity contribution in [2.45, 2.75) is 31.6 Å². The van der Waals surface area contributed by atoms with Crippen molar-refractivity contribution in [2.75, 3.05) is 32.2 Å². The van der Waals surface area contributed by atoms with Crippen LogP contribution in [0, 0.1) is 11.3 Å². The van der Waals surface area contributed by atoms with Crippen LogP contribution in [0.25, 0.3) is 0 Å². The van der Waals surface area contributed by atoms with Crippen molar-refractivity contribution in [1.82, 2.24) is 0 Å². The average molecular weight is 436 g/mol. The van der Waals surface area contributed by atoms with Crippen LogP contribution in [0.3, 0.4) is 0 Å². The molecule has 1 saturated carbocycles. The van der Waals surface area contributed by atoms with Gasteiger partial charge in [-0.15, -0.1) is 0 Å². The van der Waals surface area contributed by atoms with Gasteiger partial charge in [-0.25, -0.2) is 8.42 Å². The molecule has 2 rings (SSSR count). The fraction of sp³-hybridized carbons (Fsp3) is 0.455. The van der Waals surface area contributed by atoms with Gasteiger partial charge in [0, 0.05) is 24.9 Å². The van der Waals surface area contributed by atoms with E-state index in [9.17, 15) is 18.0 Å². The molecule has 0 saturated heterocycles. The molecule has 30 heavy (non-hydrogen) atoms. The Hall–Kier alpha value is -2.61. The molecule has 8 heteroatoms. The molecule has 1 aliphatic rings. The van der Waals surface area contributed by atoms with Crippen molar-refractivity contribution >= 4 is 27.5 Å². The number of esters is 2. The summed E-state index contributed by atoms with van der Waals surface area (Å²) < 4.78 is 37.0. The SMILES string of the molecule is C=C1CC(C(=O)OCC)(C(=O)OCC)C[C@@H]1C(=C)S(=O)(=O)c1ccccc1N(C)C. The lowest BCUT2D eigenvalue weighted by molar-refractivity contribution is -0.171. The summed E-state index contributed by atoms with van der Waals surface area (Å²) in [5.41, 5.74) is -0.663. The monoisotopic (exact) mass is 435 g/mol. The van der Waals surface area contributed by atoms with Crippen molar-refractivity contribution in [2.24, 2.45) is 11.3 Å². The summed E-state index contributed by atoms with van der Waals surface area (Å²) in [6, 6.07) is 6.60. The van der Waals surface area contributed by atoms with Gasteiger partial charge < -0.3 is 14.4 Å². The largest absolute Gasteiger partial charge is 0.465 e. The number of rotatable bonds is 8. The van der Waals surface area contributed by atoms with E-state index in [0.29, 0.717) is 11.3 Å². The third-order valence-electron chi connectivity index (χ3n) is 5.28. The fourth-order valence-electron chi connectivity index (χ4n) is 3.73. The highest BCUT2D eigenvalue weighted by molar-refractivity contribution is 7.95. The molecular weight excluding hydrogens is 406 g/mol. The molecular formula is C22H29NO6S. The molecule has 7 nitrogen and oxygen atoms in total. The van der Waals surface area contributed by atoms with E-state index in [4.69, 9.17) is 9.47 Å². The van der Waals surface area contributed by atoms with Gasteiger partial charge in [0.15, 0.2) is 5.41 Å². The van der Waals surface area contributed by atoms with Crippen LogP contribution in [0.5, 0.6) is 0 Å². The predicted octanol–water partition coefficient (Wildman–Crippen LogP) is 3.12. The summed E-state index contributed by atoms with van der Waals surface area (Å²) in [5.74, 6) is -2.24. The summed E-state index contributed by atoms with van der Waals surface area (Å²) in [6.45, 7) is 11.2. The zero-order valence-corrected chi connectivity index (χ0v) is 18.8. The zero-order valence-electron chi connectivity index (χ0n) is 17.9. The van der Waals surface area contributed by atoms with Crippen LogP contribution in [-0.4, -0.2) is 47.7 Å². The van der Waals surface area contributed by atoms with E-state index in [0.717, 1.165) is 0 Å². The lowest BCUT2D eigenvalue weighted by Gasteiger charge is -2.25. The summed E-state index contributed by atoms with van der Waals surface area (Å²) in [6.07, 6.45) is -0.148. The second kappa shape index (κ2) is 9.04. The Balaban J connectivity index is 2.47. The number of ether oxygens (including phenoxy) is 2. The first-order chi connectivity index (χ1) is 14.0. The van der Waals surface area contributed by atoms with E-state index in [1.807, 2.05) is 0 Å². The van der Waals surface area contributed by atoms with Crippen LogP contribution in [0.2, 0.25) is 0 Å². The molecule has 0 radical (unpaired) electrons. The van der Waals surface area contributed by atoms with Gasteiger partial charge in [-0.2, -0.15) is 0 Å². The van der Waals surface area contributed by atoms with Gasteiger partial charge in [0.2, 0.25) is 9.84 Å². The summed E-state index contributed by atoms with van der Waals surface area (Å²) >= 11 is 0. The lowest BCUT2D eigenvalue weighted by atomic mass is 9.85.